The number of piperazine rings is 1. The minimum absolute atomic E-state index is 0.0790. The summed E-state index contributed by atoms with van der Waals surface area (Å²) in [7, 11) is 2.11. The molecule has 1 aliphatic heterocycles. The van der Waals surface area contributed by atoms with E-state index >= 15 is 0 Å². The Hall–Kier alpha value is -0.610. The molecule has 1 heterocycles. The molecule has 4 nitrogen and oxygen atoms in total. The van der Waals surface area contributed by atoms with Crippen LogP contribution >= 0.6 is 0 Å². The summed E-state index contributed by atoms with van der Waals surface area (Å²) in [6.45, 7) is 11.1. The van der Waals surface area contributed by atoms with Gasteiger partial charge in [-0.2, -0.15) is 0 Å². The summed E-state index contributed by atoms with van der Waals surface area (Å²) in [6, 6.07) is 0. The number of aliphatic carboxylic acids is 1. The highest BCUT2D eigenvalue weighted by Gasteiger charge is 2.27. The Morgan fingerprint density at radius 3 is 2.18 bits per heavy atom. The number of rotatable bonds is 4. The molecular formula is C13H26N2O2. The van der Waals surface area contributed by atoms with Crippen molar-refractivity contribution in [2.75, 3.05) is 39.8 Å². The lowest BCUT2D eigenvalue weighted by atomic mass is 9.84. The number of carboxylic acids is 1. The smallest absolute Gasteiger partial charge is 0.307 e. The van der Waals surface area contributed by atoms with E-state index in [-0.39, 0.29) is 11.3 Å². The molecule has 0 aromatic heterocycles. The molecule has 1 rings (SSSR count). The highest BCUT2D eigenvalue weighted by Crippen LogP contribution is 2.25. The molecule has 100 valence electrons. The van der Waals surface area contributed by atoms with Crippen molar-refractivity contribution in [2.45, 2.75) is 27.2 Å². The zero-order chi connectivity index (χ0) is 13.1. The maximum Gasteiger partial charge on any atom is 0.307 e. The summed E-state index contributed by atoms with van der Waals surface area (Å²) in [4.78, 5) is 15.8. The van der Waals surface area contributed by atoms with E-state index < -0.39 is 5.97 Å². The fraction of sp³-hybridized carbons (Fsp3) is 0.923. The third-order valence-electron chi connectivity index (χ3n) is 3.28. The van der Waals surface area contributed by atoms with Crippen molar-refractivity contribution in [3.05, 3.63) is 0 Å². The molecule has 1 fully saturated rings. The van der Waals surface area contributed by atoms with Gasteiger partial charge in [0.25, 0.3) is 0 Å². The lowest BCUT2D eigenvalue weighted by Gasteiger charge is -2.35. The van der Waals surface area contributed by atoms with E-state index in [1.54, 1.807) is 0 Å². The highest BCUT2D eigenvalue weighted by atomic mass is 16.4. The van der Waals surface area contributed by atoms with Crippen molar-refractivity contribution in [2.24, 2.45) is 11.3 Å². The lowest BCUT2D eigenvalue weighted by molar-refractivity contribution is -0.143. The molecule has 0 saturated carbocycles. The average Bonchev–Trinajstić information content (AvgIpc) is 2.18. The van der Waals surface area contributed by atoms with E-state index in [2.05, 4.69) is 37.6 Å². The molecular weight excluding hydrogens is 216 g/mol. The molecule has 1 N–H and O–H groups in total. The van der Waals surface area contributed by atoms with Gasteiger partial charge in [0, 0.05) is 32.7 Å². The van der Waals surface area contributed by atoms with Crippen LogP contribution < -0.4 is 0 Å². The Bertz CT molecular complexity index is 253. The van der Waals surface area contributed by atoms with Crippen molar-refractivity contribution in [3.63, 3.8) is 0 Å². The third-order valence-corrected chi connectivity index (χ3v) is 3.28. The molecule has 0 aromatic carbocycles. The molecule has 1 saturated heterocycles. The van der Waals surface area contributed by atoms with Crippen molar-refractivity contribution < 1.29 is 9.90 Å². The van der Waals surface area contributed by atoms with Crippen molar-refractivity contribution in [3.8, 4) is 0 Å². The van der Waals surface area contributed by atoms with E-state index in [1.165, 1.54) is 0 Å². The fourth-order valence-corrected chi connectivity index (χ4v) is 2.31. The maximum absolute atomic E-state index is 11.3. The monoisotopic (exact) mass is 242 g/mol. The van der Waals surface area contributed by atoms with Crippen molar-refractivity contribution in [1.29, 1.82) is 0 Å². The first-order valence-electron chi connectivity index (χ1n) is 6.41. The topological polar surface area (TPSA) is 43.8 Å². The van der Waals surface area contributed by atoms with Gasteiger partial charge in [0.15, 0.2) is 0 Å². The summed E-state index contributed by atoms with van der Waals surface area (Å²) < 4.78 is 0. The predicted molar refractivity (Wildman–Crippen MR) is 69.1 cm³/mol. The molecule has 4 heteroatoms. The first-order chi connectivity index (χ1) is 7.78. The SMILES string of the molecule is CN1CCN(CC(CC(C)(C)C)C(=O)O)CC1. The van der Waals surface area contributed by atoms with Gasteiger partial charge in [-0.3, -0.25) is 9.69 Å². The molecule has 0 aliphatic carbocycles. The van der Waals surface area contributed by atoms with Crippen LogP contribution in [0.3, 0.4) is 0 Å². The van der Waals surface area contributed by atoms with E-state index in [1.807, 2.05) is 0 Å². The predicted octanol–water partition coefficient (Wildman–Crippen LogP) is 1.37. The molecule has 17 heavy (non-hydrogen) atoms. The Labute approximate surface area is 105 Å². The second kappa shape index (κ2) is 5.83. The Morgan fingerprint density at radius 1 is 1.24 bits per heavy atom. The average molecular weight is 242 g/mol. The van der Waals surface area contributed by atoms with E-state index in [9.17, 15) is 9.90 Å². The summed E-state index contributed by atoms with van der Waals surface area (Å²) in [5, 5.41) is 9.28. The number of likely N-dealkylation sites (N-methyl/N-ethyl adjacent to an activating group) is 1. The van der Waals surface area contributed by atoms with Crippen molar-refractivity contribution >= 4 is 5.97 Å². The number of carboxylic acid groups (broad SMARTS) is 1. The first kappa shape index (κ1) is 14.5. The molecule has 1 atom stereocenters. The van der Waals surface area contributed by atoms with Crippen LogP contribution in [0.2, 0.25) is 0 Å². The van der Waals surface area contributed by atoms with E-state index in [0.29, 0.717) is 6.54 Å². The maximum atomic E-state index is 11.3. The van der Waals surface area contributed by atoms with Gasteiger partial charge in [0.2, 0.25) is 0 Å². The van der Waals surface area contributed by atoms with Gasteiger partial charge in [0.05, 0.1) is 5.92 Å². The molecule has 0 aromatic rings. The first-order valence-corrected chi connectivity index (χ1v) is 6.41. The molecule has 0 bridgehead atoms. The minimum Gasteiger partial charge on any atom is -0.481 e. The number of carbonyl (C=O) groups is 1. The summed E-state index contributed by atoms with van der Waals surface area (Å²) in [5.41, 5.74) is 0.0790. The van der Waals surface area contributed by atoms with Crippen LogP contribution in [0.4, 0.5) is 0 Å². The number of nitrogens with zero attached hydrogens (tertiary/aromatic N) is 2. The minimum atomic E-state index is -0.654. The largest absolute Gasteiger partial charge is 0.481 e. The summed E-state index contributed by atoms with van der Waals surface area (Å²) in [5.74, 6) is -0.891. The summed E-state index contributed by atoms with van der Waals surface area (Å²) in [6.07, 6.45) is 0.745. The van der Waals surface area contributed by atoms with Crippen LogP contribution in [-0.2, 0) is 4.79 Å². The second-order valence-corrected chi connectivity index (χ2v) is 6.40. The summed E-state index contributed by atoms with van der Waals surface area (Å²) >= 11 is 0. The van der Waals surface area contributed by atoms with Gasteiger partial charge in [0.1, 0.15) is 0 Å². The second-order valence-electron chi connectivity index (χ2n) is 6.40. The lowest BCUT2D eigenvalue weighted by Crippen LogP contribution is -2.47. The molecule has 0 spiro atoms. The quantitative estimate of drug-likeness (QED) is 0.808. The van der Waals surface area contributed by atoms with Gasteiger partial charge in [-0.05, 0) is 18.9 Å². The van der Waals surface area contributed by atoms with Crippen LogP contribution in [0.1, 0.15) is 27.2 Å². The van der Waals surface area contributed by atoms with Crippen LogP contribution in [-0.4, -0.2) is 60.6 Å². The van der Waals surface area contributed by atoms with Gasteiger partial charge < -0.3 is 10.0 Å². The number of hydrogen-bond acceptors (Lipinski definition) is 3. The van der Waals surface area contributed by atoms with Gasteiger partial charge >= 0.3 is 5.97 Å². The van der Waals surface area contributed by atoms with Crippen LogP contribution in [0.15, 0.2) is 0 Å². The third kappa shape index (κ3) is 5.50. The van der Waals surface area contributed by atoms with E-state index in [0.717, 1.165) is 32.6 Å². The number of hydrogen-bond donors (Lipinski definition) is 1. The van der Waals surface area contributed by atoms with Gasteiger partial charge in [-0.15, -0.1) is 0 Å². The Balaban J connectivity index is 2.47. The normalized spacial score (nSPS) is 21.4. The fourth-order valence-electron chi connectivity index (χ4n) is 2.31. The Kier molecular flexibility index (Phi) is 4.95. The highest BCUT2D eigenvalue weighted by molar-refractivity contribution is 5.70. The van der Waals surface area contributed by atoms with Crippen molar-refractivity contribution in [1.82, 2.24) is 9.80 Å². The van der Waals surface area contributed by atoms with Crippen LogP contribution in [0.5, 0.6) is 0 Å². The van der Waals surface area contributed by atoms with Gasteiger partial charge in [-0.1, -0.05) is 20.8 Å². The van der Waals surface area contributed by atoms with Gasteiger partial charge in [-0.25, -0.2) is 0 Å². The zero-order valence-corrected chi connectivity index (χ0v) is 11.6. The molecule has 0 radical (unpaired) electrons. The van der Waals surface area contributed by atoms with Crippen LogP contribution in [0.25, 0.3) is 0 Å². The van der Waals surface area contributed by atoms with Crippen LogP contribution in [0, 0.1) is 11.3 Å². The zero-order valence-electron chi connectivity index (χ0n) is 11.6. The molecule has 0 amide bonds. The standard InChI is InChI=1S/C13H26N2O2/c1-13(2,3)9-11(12(16)17)10-15-7-5-14(4)6-8-15/h11H,5-10H2,1-4H3,(H,16,17). The molecule has 1 unspecified atom stereocenters. The van der Waals surface area contributed by atoms with E-state index in [4.69, 9.17) is 0 Å². The molecule has 1 aliphatic rings. The Morgan fingerprint density at radius 2 is 1.76 bits per heavy atom.